The first kappa shape index (κ1) is 13.4. The average molecular weight is 246 g/mol. The van der Waals surface area contributed by atoms with Crippen LogP contribution < -0.4 is 0 Å². The van der Waals surface area contributed by atoms with Crippen LogP contribution >= 0.6 is 11.8 Å². The van der Waals surface area contributed by atoms with Gasteiger partial charge in [0, 0.05) is 32.4 Å². The van der Waals surface area contributed by atoms with Gasteiger partial charge in [0.25, 0.3) is 0 Å². The zero-order valence-electron chi connectivity index (χ0n) is 9.92. The van der Waals surface area contributed by atoms with Gasteiger partial charge in [-0.05, 0) is 24.3 Å². The lowest BCUT2D eigenvalue weighted by Crippen LogP contribution is -2.18. The summed E-state index contributed by atoms with van der Waals surface area (Å²) in [5.74, 6) is 0.874. The Morgan fingerprint density at radius 1 is 1.31 bits per heavy atom. The Morgan fingerprint density at radius 2 is 2.00 bits per heavy atom. The van der Waals surface area contributed by atoms with Gasteiger partial charge < -0.3 is 9.47 Å². The second kappa shape index (κ2) is 7.59. The second-order valence-corrected chi connectivity index (χ2v) is 4.12. The minimum Gasteiger partial charge on any atom is -0.353 e. The van der Waals surface area contributed by atoms with E-state index in [-0.39, 0.29) is 6.29 Å². The summed E-state index contributed by atoms with van der Waals surface area (Å²) in [6, 6.07) is 0. The zero-order chi connectivity index (χ0) is 11.8. The molecule has 16 heavy (non-hydrogen) atoms. The van der Waals surface area contributed by atoms with Crippen molar-refractivity contribution in [1.82, 2.24) is 20.2 Å². The lowest BCUT2D eigenvalue weighted by molar-refractivity contribution is -0.136. The molecule has 0 radical (unpaired) electrons. The minimum absolute atomic E-state index is 0.122. The fourth-order valence-electron chi connectivity index (χ4n) is 1.18. The summed E-state index contributed by atoms with van der Waals surface area (Å²) in [5.41, 5.74) is 0. The molecule has 0 aromatic carbocycles. The highest BCUT2D eigenvalue weighted by atomic mass is 32.2. The molecule has 1 aromatic heterocycles. The number of thioether (sulfide) groups is 1. The van der Waals surface area contributed by atoms with E-state index in [1.54, 1.807) is 16.4 Å². The van der Waals surface area contributed by atoms with Crippen LogP contribution in [0.1, 0.15) is 20.3 Å². The Balaban J connectivity index is 2.24. The van der Waals surface area contributed by atoms with Crippen molar-refractivity contribution < 1.29 is 9.47 Å². The van der Waals surface area contributed by atoms with Crippen molar-refractivity contribution in [2.45, 2.75) is 31.7 Å². The van der Waals surface area contributed by atoms with Crippen LogP contribution in [0.3, 0.4) is 0 Å². The molecule has 92 valence electrons. The van der Waals surface area contributed by atoms with E-state index >= 15 is 0 Å². The van der Waals surface area contributed by atoms with Crippen LogP contribution in [0.15, 0.2) is 5.16 Å². The van der Waals surface area contributed by atoms with Gasteiger partial charge in [-0.1, -0.05) is 11.8 Å². The van der Waals surface area contributed by atoms with E-state index in [1.807, 2.05) is 20.9 Å². The molecule has 0 amide bonds. The molecule has 0 spiro atoms. The van der Waals surface area contributed by atoms with E-state index in [0.717, 1.165) is 17.3 Å². The van der Waals surface area contributed by atoms with Crippen LogP contribution in [0, 0.1) is 0 Å². The molecular weight excluding hydrogens is 228 g/mol. The fraction of sp³-hybridized carbons (Fsp3) is 0.889. The number of hydrogen-bond donors (Lipinski definition) is 0. The lowest BCUT2D eigenvalue weighted by Gasteiger charge is -2.15. The SMILES string of the molecule is CCOC(CCSc1nnnn1C)OCC. The third-order valence-electron chi connectivity index (χ3n) is 1.87. The molecule has 0 aliphatic carbocycles. The predicted molar refractivity (Wildman–Crippen MR) is 61.2 cm³/mol. The molecule has 7 heteroatoms. The summed E-state index contributed by atoms with van der Waals surface area (Å²) >= 11 is 1.60. The van der Waals surface area contributed by atoms with Crippen LogP contribution in [0.4, 0.5) is 0 Å². The fourth-order valence-corrected chi connectivity index (χ4v) is 1.99. The lowest BCUT2D eigenvalue weighted by atomic mass is 10.5. The predicted octanol–water partition coefficient (Wildman–Crippen LogP) is 1.09. The van der Waals surface area contributed by atoms with Crippen LogP contribution in [-0.4, -0.2) is 45.5 Å². The van der Waals surface area contributed by atoms with E-state index in [9.17, 15) is 0 Å². The van der Waals surface area contributed by atoms with Crippen LogP contribution in [-0.2, 0) is 16.5 Å². The number of nitrogens with zero attached hydrogens (tertiary/aromatic N) is 4. The molecule has 0 aliphatic heterocycles. The number of hydrogen-bond acceptors (Lipinski definition) is 6. The van der Waals surface area contributed by atoms with Gasteiger partial charge in [-0.25, -0.2) is 4.68 Å². The molecule has 0 N–H and O–H groups in total. The maximum Gasteiger partial charge on any atom is 0.209 e. The van der Waals surface area contributed by atoms with Crippen molar-refractivity contribution in [2.75, 3.05) is 19.0 Å². The van der Waals surface area contributed by atoms with Gasteiger partial charge in [0.1, 0.15) is 0 Å². The van der Waals surface area contributed by atoms with E-state index in [0.29, 0.717) is 13.2 Å². The van der Waals surface area contributed by atoms with Crippen LogP contribution in [0.2, 0.25) is 0 Å². The van der Waals surface area contributed by atoms with E-state index < -0.39 is 0 Å². The first-order valence-corrected chi connectivity index (χ1v) is 6.34. The van der Waals surface area contributed by atoms with Gasteiger partial charge in [-0.2, -0.15) is 0 Å². The van der Waals surface area contributed by atoms with Crippen molar-refractivity contribution in [3.8, 4) is 0 Å². The molecule has 0 saturated carbocycles. The van der Waals surface area contributed by atoms with E-state index in [1.165, 1.54) is 0 Å². The quantitative estimate of drug-likeness (QED) is 0.505. The first-order valence-electron chi connectivity index (χ1n) is 5.36. The molecular formula is C9H18N4O2S. The second-order valence-electron chi connectivity index (χ2n) is 3.06. The molecule has 0 aliphatic rings. The van der Waals surface area contributed by atoms with E-state index in [4.69, 9.17) is 9.47 Å². The third kappa shape index (κ3) is 4.46. The van der Waals surface area contributed by atoms with E-state index in [2.05, 4.69) is 15.5 Å². The van der Waals surface area contributed by atoms with Crippen molar-refractivity contribution in [1.29, 1.82) is 0 Å². The normalized spacial score (nSPS) is 11.2. The van der Waals surface area contributed by atoms with Gasteiger partial charge in [0.15, 0.2) is 6.29 Å². The molecule has 1 heterocycles. The molecule has 0 atom stereocenters. The molecule has 1 rings (SSSR count). The van der Waals surface area contributed by atoms with Crippen molar-refractivity contribution >= 4 is 11.8 Å². The number of rotatable bonds is 8. The molecule has 0 bridgehead atoms. The van der Waals surface area contributed by atoms with Gasteiger partial charge in [-0.3, -0.25) is 0 Å². The maximum atomic E-state index is 5.44. The largest absolute Gasteiger partial charge is 0.353 e. The molecule has 6 nitrogen and oxygen atoms in total. The Bertz CT molecular complexity index is 289. The van der Waals surface area contributed by atoms with Crippen molar-refractivity contribution in [2.24, 2.45) is 7.05 Å². The topological polar surface area (TPSA) is 62.1 Å². The monoisotopic (exact) mass is 246 g/mol. The van der Waals surface area contributed by atoms with Crippen LogP contribution in [0.25, 0.3) is 0 Å². The summed E-state index contributed by atoms with van der Waals surface area (Å²) in [7, 11) is 1.82. The number of tetrazole rings is 1. The highest BCUT2D eigenvalue weighted by Gasteiger charge is 2.09. The molecule has 0 saturated heterocycles. The Morgan fingerprint density at radius 3 is 2.50 bits per heavy atom. The summed E-state index contributed by atoms with van der Waals surface area (Å²) in [6.07, 6.45) is 0.711. The van der Waals surface area contributed by atoms with Gasteiger partial charge in [0.05, 0.1) is 0 Å². The number of ether oxygens (including phenoxy) is 2. The number of aryl methyl sites for hydroxylation is 1. The molecule has 0 fully saturated rings. The summed E-state index contributed by atoms with van der Waals surface area (Å²) in [6.45, 7) is 5.26. The Labute approximate surface area is 99.7 Å². The van der Waals surface area contributed by atoms with Gasteiger partial charge in [0.2, 0.25) is 5.16 Å². The molecule has 0 unspecified atom stereocenters. The highest BCUT2D eigenvalue weighted by molar-refractivity contribution is 7.99. The standard InChI is InChI=1S/C9H18N4O2S/c1-4-14-8(15-5-2)6-7-16-9-10-11-12-13(9)3/h8H,4-7H2,1-3H3. The van der Waals surface area contributed by atoms with Crippen LogP contribution in [0.5, 0.6) is 0 Å². The summed E-state index contributed by atoms with van der Waals surface area (Å²) < 4.78 is 12.5. The highest BCUT2D eigenvalue weighted by Crippen LogP contribution is 2.15. The van der Waals surface area contributed by atoms with Crippen molar-refractivity contribution in [3.63, 3.8) is 0 Å². The Kier molecular flexibility index (Phi) is 6.36. The summed E-state index contributed by atoms with van der Waals surface area (Å²) in [4.78, 5) is 0. The van der Waals surface area contributed by atoms with Gasteiger partial charge >= 0.3 is 0 Å². The van der Waals surface area contributed by atoms with Crippen molar-refractivity contribution in [3.05, 3.63) is 0 Å². The summed E-state index contributed by atoms with van der Waals surface area (Å²) in [5, 5.41) is 12.0. The van der Waals surface area contributed by atoms with Gasteiger partial charge in [-0.15, -0.1) is 5.10 Å². The number of aromatic nitrogens is 4. The smallest absolute Gasteiger partial charge is 0.209 e. The molecule has 1 aromatic rings. The maximum absolute atomic E-state index is 5.44. The first-order chi connectivity index (χ1) is 7.77. The zero-order valence-corrected chi connectivity index (χ0v) is 10.7. The Hall–Kier alpha value is -0.660. The third-order valence-corrected chi connectivity index (χ3v) is 2.91. The minimum atomic E-state index is -0.122. The average Bonchev–Trinajstić information content (AvgIpc) is 2.65.